The lowest BCUT2D eigenvalue weighted by molar-refractivity contribution is 0.0615. The van der Waals surface area contributed by atoms with Crippen LogP contribution in [-0.4, -0.2) is 11.2 Å². The second-order valence-corrected chi connectivity index (χ2v) is 4.40. The average Bonchev–Trinajstić information content (AvgIpc) is 2.20. The summed E-state index contributed by atoms with van der Waals surface area (Å²) < 4.78 is 5.78. The fraction of sp³-hybridized carbons (Fsp3) is 0.500. The molecule has 0 amide bonds. The first-order valence-electron chi connectivity index (χ1n) is 5.35. The highest BCUT2D eigenvalue weighted by Gasteiger charge is 2.26. The first-order valence-corrected chi connectivity index (χ1v) is 5.72. The number of hydrogen-bond acceptors (Lipinski definition) is 2. The summed E-state index contributed by atoms with van der Waals surface area (Å²) in [4.78, 5) is 0. The van der Waals surface area contributed by atoms with E-state index in [1.165, 1.54) is 0 Å². The number of rotatable bonds is 2. The molecule has 2 nitrogen and oxygen atoms in total. The Labute approximate surface area is 94.8 Å². The van der Waals surface area contributed by atoms with Gasteiger partial charge in [-0.05, 0) is 24.6 Å². The Morgan fingerprint density at radius 1 is 1.53 bits per heavy atom. The van der Waals surface area contributed by atoms with Gasteiger partial charge in [-0.25, -0.2) is 0 Å². The molecule has 82 valence electrons. The molecule has 1 aliphatic rings. The molecule has 1 heterocycles. The molecule has 2 rings (SSSR count). The fourth-order valence-electron chi connectivity index (χ4n) is 1.99. The lowest BCUT2D eigenvalue weighted by atomic mass is 9.97. The van der Waals surface area contributed by atoms with Gasteiger partial charge in [0.15, 0.2) is 0 Å². The molecule has 1 N–H and O–H groups in total. The fourth-order valence-corrected chi connectivity index (χ4v) is 2.17. The molecule has 1 aromatic rings. The summed E-state index contributed by atoms with van der Waals surface area (Å²) in [5.74, 6) is 0.775. The first kappa shape index (κ1) is 10.8. The van der Waals surface area contributed by atoms with E-state index < -0.39 is 6.10 Å². The van der Waals surface area contributed by atoms with E-state index in [9.17, 15) is 5.11 Å². The van der Waals surface area contributed by atoms with Crippen LogP contribution in [0.2, 0.25) is 5.02 Å². The van der Waals surface area contributed by atoms with Crippen LogP contribution < -0.4 is 4.74 Å². The van der Waals surface area contributed by atoms with Crippen molar-refractivity contribution in [2.24, 2.45) is 0 Å². The highest BCUT2D eigenvalue weighted by Crippen LogP contribution is 2.37. The van der Waals surface area contributed by atoms with Gasteiger partial charge in [0, 0.05) is 17.0 Å². The SMILES string of the molecule is CCCC1C[C@@H](O)c2cc(Cl)ccc2O1. The van der Waals surface area contributed by atoms with Gasteiger partial charge in [-0.3, -0.25) is 0 Å². The maximum atomic E-state index is 9.94. The predicted octanol–water partition coefficient (Wildman–Crippen LogP) is 3.32. The van der Waals surface area contributed by atoms with Crippen LogP contribution in [0, 0.1) is 0 Å². The van der Waals surface area contributed by atoms with Crippen LogP contribution in [0.1, 0.15) is 37.9 Å². The van der Waals surface area contributed by atoms with Gasteiger partial charge in [0.05, 0.1) is 6.10 Å². The third-order valence-electron chi connectivity index (χ3n) is 2.72. The predicted molar refractivity (Wildman–Crippen MR) is 60.4 cm³/mol. The number of ether oxygens (including phenoxy) is 1. The van der Waals surface area contributed by atoms with E-state index in [-0.39, 0.29) is 6.10 Å². The monoisotopic (exact) mass is 226 g/mol. The van der Waals surface area contributed by atoms with E-state index in [4.69, 9.17) is 16.3 Å². The summed E-state index contributed by atoms with van der Waals surface area (Å²) in [6.07, 6.45) is 2.42. The molecule has 0 radical (unpaired) electrons. The van der Waals surface area contributed by atoms with Crippen molar-refractivity contribution in [3.63, 3.8) is 0 Å². The van der Waals surface area contributed by atoms with Crippen molar-refractivity contribution in [2.75, 3.05) is 0 Å². The van der Waals surface area contributed by atoms with Crippen LogP contribution in [0.15, 0.2) is 18.2 Å². The molecule has 2 atom stereocenters. The Balaban J connectivity index is 2.24. The third kappa shape index (κ3) is 2.27. The largest absolute Gasteiger partial charge is 0.490 e. The zero-order chi connectivity index (χ0) is 10.8. The van der Waals surface area contributed by atoms with Crippen molar-refractivity contribution in [3.05, 3.63) is 28.8 Å². The van der Waals surface area contributed by atoms with Crippen LogP contribution in [0.5, 0.6) is 5.75 Å². The zero-order valence-corrected chi connectivity index (χ0v) is 9.50. The minimum Gasteiger partial charge on any atom is -0.490 e. The number of fused-ring (bicyclic) bond motifs is 1. The Bertz CT molecular complexity index is 351. The molecule has 0 aliphatic carbocycles. The van der Waals surface area contributed by atoms with E-state index in [1.54, 1.807) is 12.1 Å². The van der Waals surface area contributed by atoms with Crippen molar-refractivity contribution in [3.8, 4) is 5.75 Å². The summed E-state index contributed by atoms with van der Waals surface area (Å²) in [5.41, 5.74) is 0.815. The van der Waals surface area contributed by atoms with Crippen LogP contribution in [0.3, 0.4) is 0 Å². The standard InChI is InChI=1S/C12H15ClO2/c1-2-3-9-7-11(14)10-6-8(13)4-5-12(10)15-9/h4-6,9,11,14H,2-3,7H2,1H3/t9?,11-/m1/s1. The van der Waals surface area contributed by atoms with Gasteiger partial charge in [-0.1, -0.05) is 24.9 Å². The number of benzene rings is 1. The molecule has 1 aliphatic heterocycles. The van der Waals surface area contributed by atoms with Crippen molar-refractivity contribution < 1.29 is 9.84 Å². The number of aliphatic hydroxyl groups is 1. The maximum absolute atomic E-state index is 9.94. The van der Waals surface area contributed by atoms with Crippen LogP contribution in [0.25, 0.3) is 0 Å². The van der Waals surface area contributed by atoms with E-state index in [0.717, 1.165) is 24.2 Å². The molecule has 0 saturated heterocycles. The molecule has 0 spiro atoms. The topological polar surface area (TPSA) is 29.5 Å². The molecule has 1 unspecified atom stereocenters. The molecule has 3 heteroatoms. The molecular weight excluding hydrogens is 212 g/mol. The van der Waals surface area contributed by atoms with Gasteiger partial charge in [0.1, 0.15) is 11.9 Å². The van der Waals surface area contributed by atoms with Gasteiger partial charge in [-0.2, -0.15) is 0 Å². The zero-order valence-electron chi connectivity index (χ0n) is 8.74. The highest BCUT2D eigenvalue weighted by atomic mass is 35.5. The average molecular weight is 227 g/mol. The van der Waals surface area contributed by atoms with E-state index >= 15 is 0 Å². The molecule has 15 heavy (non-hydrogen) atoms. The molecule has 1 aromatic carbocycles. The van der Waals surface area contributed by atoms with E-state index in [0.29, 0.717) is 11.4 Å². The molecule has 0 fully saturated rings. The molecular formula is C12H15ClO2. The summed E-state index contributed by atoms with van der Waals surface area (Å²) in [7, 11) is 0. The Hall–Kier alpha value is -0.730. The Kier molecular flexibility index (Phi) is 3.17. The Morgan fingerprint density at radius 2 is 2.33 bits per heavy atom. The molecule has 0 aromatic heterocycles. The second kappa shape index (κ2) is 4.42. The summed E-state index contributed by atoms with van der Waals surface area (Å²) >= 11 is 5.87. The minimum absolute atomic E-state index is 0.138. The minimum atomic E-state index is -0.441. The molecule has 0 bridgehead atoms. The first-order chi connectivity index (χ1) is 7.20. The van der Waals surface area contributed by atoms with Crippen LogP contribution in [0.4, 0.5) is 0 Å². The van der Waals surface area contributed by atoms with Crippen molar-refractivity contribution in [1.82, 2.24) is 0 Å². The van der Waals surface area contributed by atoms with E-state index in [1.807, 2.05) is 6.07 Å². The second-order valence-electron chi connectivity index (χ2n) is 3.96. The lowest BCUT2D eigenvalue weighted by Gasteiger charge is -2.29. The van der Waals surface area contributed by atoms with Crippen molar-refractivity contribution in [2.45, 2.75) is 38.4 Å². The van der Waals surface area contributed by atoms with Gasteiger partial charge in [-0.15, -0.1) is 0 Å². The van der Waals surface area contributed by atoms with Gasteiger partial charge in [0.2, 0.25) is 0 Å². The number of halogens is 1. The van der Waals surface area contributed by atoms with Gasteiger partial charge in [0.25, 0.3) is 0 Å². The highest BCUT2D eigenvalue weighted by molar-refractivity contribution is 6.30. The summed E-state index contributed by atoms with van der Waals surface area (Å²) in [6.45, 7) is 2.12. The Morgan fingerprint density at radius 3 is 3.07 bits per heavy atom. The quantitative estimate of drug-likeness (QED) is 0.838. The normalized spacial score (nSPS) is 24.5. The van der Waals surface area contributed by atoms with E-state index in [2.05, 4.69) is 6.92 Å². The summed E-state index contributed by atoms with van der Waals surface area (Å²) in [5, 5.41) is 10.6. The van der Waals surface area contributed by atoms with Gasteiger partial charge < -0.3 is 9.84 Å². The van der Waals surface area contributed by atoms with Crippen LogP contribution >= 0.6 is 11.6 Å². The molecule has 0 saturated carbocycles. The smallest absolute Gasteiger partial charge is 0.125 e. The lowest BCUT2D eigenvalue weighted by Crippen LogP contribution is -2.25. The van der Waals surface area contributed by atoms with Gasteiger partial charge >= 0.3 is 0 Å². The van der Waals surface area contributed by atoms with Crippen molar-refractivity contribution >= 4 is 11.6 Å². The third-order valence-corrected chi connectivity index (χ3v) is 2.96. The van der Waals surface area contributed by atoms with Crippen LogP contribution in [-0.2, 0) is 0 Å². The maximum Gasteiger partial charge on any atom is 0.125 e. The van der Waals surface area contributed by atoms with Crippen molar-refractivity contribution in [1.29, 1.82) is 0 Å². The summed E-state index contributed by atoms with van der Waals surface area (Å²) in [6, 6.07) is 5.41. The number of aliphatic hydroxyl groups excluding tert-OH is 1. The number of hydrogen-bond donors (Lipinski definition) is 1.